The van der Waals surface area contributed by atoms with E-state index in [0.29, 0.717) is 6.07 Å². The third kappa shape index (κ3) is 2.96. The molecule has 0 bridgehead atoms. The molecule has 0 aliphatic heterocycles. The molecule has 0 radical (unpaired) electrons. The number of amides is 1. The summed E-state index contributed by atoms with van der Waals surface area (Å²) < 4.78 is 40.0. The summed E-state index contributed by atoms with van der Waals surface area (Å²) in [5.41, 5.74) is -2.08. The molecule has 108 valence electrons. The molecular weight excluding hydrogens is 291 g/mol. The highest BCUT2D eigenvalue weighted by Crippen LogP contribution is 2.25. The van der Waals surface area contributed by atoms with E-state index in [-0.39, 0.29) is 6.07 Å². The minimum atomic E-state index is -1.38. The summed E-state index contributed by atoms with van der Waals surface area (Å²) in [6.07, 6.45) is 1.92. The first kappa shape index (κ1) is 14.4. The lowest BCUT2D eigenvalue weighted by Gasteiger charge is -2.07. The maximum atomic E-state index is 13.5. The predicted octanol–water partition coefficient (Wildman–Crippen LogP) is 2.66. The molecule has 2 aromatic rings. The number of pyridine rings is 1. The summed E-state index contributed by atoms with van der Waals surface area (Å²) in [5, 5.41) is 12.5. The van der Waals surface area contributed by atoms with Crippen molar-refractivity contribution in [3.05, 3.63) is 63.7 Å². The molecule has 0 fully saturated rings. The van der Waals surface area contributed by atoms with Gasteiger partial charge in [-0.1, -0.05) is 0 Å². The van der Waals surface area contributed by atoms with Gasteiger partial charge in [-0.15, -0.1) is 0 Å². The van der Waals surface area contributed by atoms with Crippen LogP contribution in [0.25, 0.3) is 0 Å². The van der Waals surface area contributed by atoms with Gasteiger partial charge in [0.05, 0.1) is 22.4 Å². The second-order valence-electron chi connectivity index (χ2n) is 3.85. The van der Waals surface area contributed by atoms with Crippen LogP contribution >= 0.6 is 0 Å². The zero-order valence-corrected chi connectivity index (χ0v) is 10.1. The molecular formula is C12H6F3N3O3. The Balaban J connectivity index is 2.36. The highest BCUT2D eigenvalue weighted by atomic mass is 19.1. The summed E-state index contributed by atoms with van der Waals surface area (Å²) in [6.45, 7) is 0. The molecule has 6 nitrogen and oxygen atoms in total. The van der Waals surface area contributed by atoms with Gasteiger partial charge in [-0.25, -0.2) is 8.78 Å². The number of nitrogens with zero attached hydrogens (tertiary/aromatic N) is 2. The number of nitrogens with one attached hydrogen (secondary N) is 1. The Bertz CT molecular complexity index is 737. The molecule has 1 aromatic heterocycles. The number of carbonyl (C=O) groups is 1. The van der Waals surface area contributed by atoms with Crippen molar-refractivity contribution >= 4 is 17.3 Å². The van der Waals surface area contributed by atoms with Gasteiger partial charge >= 0.3 is 5.69 Å². The van der Waals surface area contributed by atoms with Crippen molar-refractivity contribution < 1.29 is 22.9 Å². The molecule has 0 aliphatic carbocycles. The normalized spacial score (nSPS) is 10.2. The van der Waals surface area contributed by atoms with E-state index < -0.39 is 45.2 Å². The van der Waals surface area contributed by atoms with Gasteiger partial charge in [0.2, 0.25) is 5.82 Å². The van der Waals surface area contributed by atoms with Crippen LogP contribution in [0.5, 0.6) is 0 Å². The van der Waals surface area contributed by atoms with E-state index in [4.69, 9.17) is 0 Å². The molecule has 2 rings (SSSR count). The van der Waals surface area contributed by atoms with Gasteiger partial charge in [-0.3, -0.25) is 19.9 Å². The standard InChI is InChI=1S/C12H6F3N3O3/c13-7-3-8(14)11(18(20)21)4-10(7)17-12(19)6-1-2-16-5-9(6)15/h1-5H,(H,17,19). The van der Waals surface area contributed by atoms with Gasteiger partial charge in [0.15, 0.2) is 5.82 Å². The molecule has 0 unspecified atom stereocenters. The summed E-state index contributed by atoms with van der Waals surface area (Å²) >= 11 is 0. The summed E-state index contributed by atoms with van der Waals surface area (Å²) in [7, 11) is 0. The molecule has 1 heterocycles. The monoisotopic (exact) mass is 297 g/mol. The number of rotatable bonds is 3. The van der Waals surface area contributed by atoms with Gasteiger partial charge < -0.3 is 5.32 Å². The molecule has 1 aromatic carbocycles. The van der Waals surface area contributed by atoms with Gasteiger partial charge in [0, 0.05) is 18.3 Å². The fraction of sp³-hybridized carbons (Fsp3) is 0. The molecule has 1 amide bonds. The minimum Gasteiger partial charge on any atom is -0.319 e. The number of hydrogen-bond donors (Lipinski definition) is 1. The van der Waals surface area contributed by atoms with Crippen LogP contribution in [0.4, 0.5) is 24.5 Å². The van der Waals surface area contributed by atoms with E-state index in [1.54, 1.807) is 0 Å². The first-order valence-corrected chi connectivity index (χ1v) is 5.44. The van der Waals surface area contributed by atoms with E-state index >= 15 is 0 Å². The number of benzene rings is 1. The SMILES string of the molecule is O=C(Nc1cc([N+](=O)[O-])c(F)cc1F)c1ccncc1F. The van der Waals surface area contributed by atoms with Crippen LogP contribution in [0, 0.1) is 27.6 Å². The smallest absolute Gasteiger partial charge is 0.307 e. The molecule has 0 spiro atoms. The fourth-order valence-corrected chi connectivity index (χ4v) is 1.52. The lowest BCUT2D eigenvalue weighted by atomic mass is 10.2. The van der Waals surface area contributed by atoms with Crippen LogP contribution in [0.3, 0.4) is 0 Å². The quantitative estimate of drug-likeness (QED) is 0.697. The first-order chi connectivity index (χ1) is 9.90. The maximum Gasteiger partial charge on any atom is 0.307 e. The van der Waals surface area contributed by atoms with E-state index in [1.165, 1.54) is 0 Å². The molecule has 9 heteroatoms. The number of anilines is 1. The fourth-order valence-electron chi connectivity index (χ4n) is 1.52. The highest BCUT2D eigenvalue weighted by molar-refractivity contribution is 6.04. The topological polar surface area (TPSA) is 85.1 Å². The van der Waals surface area contributed by atoms with Crippen LogP contribution in [0.2, 0.25) is 0 Å². The second kappa shape index (κ2) is 5.57. The third-order valence-electron chi connectivity index (χ3n) is 2.50. The number of aromatic nitrogens is 1. The number of hydrogen-bond acceptors (Lipinski definition) is 4. The van der Waals surface area contributed by atoms with Crippen molar-refractivity contribution in [3.63, 3.8) is 0 Å². The van der Waals surface area contributed by atoms with Crippen molar-refractivity contribution in [2.45, 2.75) is 0 Å². The summed E-state index contributed by atoms with van der Waals surface area (Å²) in [6, 6.07) is 1.82. The van der Waals surface area contributed by atoms with Gasteiger partial charge in [-0.05, 0) is 6.07 Å². The van der Waals surface area contributed by atoms with Crippen LogP contribution in [-0.4, -0.2) is 15.8 Å². The highest BCUT2D eigenvalue weighted by Gasteiger charge is 2.21. The van der Waals surface area contributed by atoms with Crippen molar-refractivity contribution in [3.8, 4) is 0 Å². The van der Waals surface area contributed by atoms with E-state index in [1.807, 2.05) is 5.32 Å². The molecule has 1 N–H and O–H groups in total. The van der Waals surface area contributed by atoms with E-state index in [2.05, 4.69) is 4.98 Å². The maximum absolute atomic E-state index is 13.5. The molecule has 21 heavy (non-hydrogen) atoms. The average molecular weight is 297 g/mol. The summed E-state index contributed by atoms with van der Waals surface area (Å²) in [5.74, 6) is -4.60. The van der Waals surface area contributed by atoms with Crippen LogP contribution < -0.4 is 5.32 Å². The number of halogens is 3. The molecule has 0 aliphatic rings. The Morgan fingerprint density at radius 2 is 1.90 bits per heavy atom. The van der Waals surface area contributed by atoms with E-state index in [9.17, 15) is 28.1 Å². The largest absolute Gasteiger partial charge is 0.319 e. The zero-order valence-electron chi connectivity index (χ0n) is 10.1. The van der Waals surface area contributed by atoms with Gasteiger partial charge in [0.1, 0.15) is 5.82 Å². The van der Waals surface area contributed by atoms with Crippen molar-refractivity contribution in [2.24, 2.45) is 0 Å². The molecule has 0 saturated carbocycles. The molecule has 0 saturated heterocycles. The Morgan fingerprint density at radius 3 is 2.52 bits per heavy atom. The lowest BCUT2D eigenvalue weighted by Crippen LogP contribution is -2.15. The van der Waals surface area contributed by atoms with Crippen molar-refractivity contribution in [1.29, 1.82) is 0 Å². The van der Waals surface area contributed by atoms with Crippen molar-refractivity contribution in [1.82, 2.24) is 4.98 Å². The zero-order chi connectivity index (χ0) is 15.6. The van der Waals surface area contributed by atoms with Gasteiger partial charge in [0.25, 0.3) is 5.91 Å². The Labute approximate surface area is 115 Å². The van der Waals surface area contributed by atoms with Crippen molar-refractivity contribution in [2.75, 3.05) is 5.32 Å². The van der Waals surface area contributed by atoms with Crippen LogP contribution in [0.15, 0.2) is 30.6 Å². The number of carbonyl (C=O) groups excluding carboxylic acids is 1. The van der Waals surface area contributed by atoms with Crippen LogP contribution in [-0.2, 0) is 0 Å². The lowest BCUT2D eigenvalue weighted by molar-refractivity contribution is -0.387. The number of nitro benzene ring substituents is 1. The predicted molar refractivity (Wildman–Crippen MR) is 65.2 cm³/mol. The average Bonchev–Trinajstić information content (AvgIpc) is 2.41. The third-order valence-corrected chi connectivity index (χ3v) is 2.50. The second-order valence-corrected chi connectivity index (χ2v) is 3.85. The first-order valence-electron chi connectivity index (χ1n) is 5.44. The minimum absolute atomic E-state index is 0.261. The summed E-state index contributed by atoms with van der Waals surface area (Å²) in [4.78, 5) is 24.7. The Hall–Kier alpha value is -2.97. The molecule has 0 atom stereocenters. The number of nitro groups is 1. The van der Waals surface area contributed by atoms with Crippen LogP contribution in [0.1, 0.15) is 10.4 Å². The Kier molecular flexibility index (Phi) is 3.83. The van der Waals surface area contributed by atoms with Gasteiger partial charge in [-0.2, -0.15) is 4.39 Å². The Morgan fingerprint density at radius 1 is 1.19 bits per heavy atom. The van der Waals surface area contributed by atoms with E-state index in [0.717, 1.165) is 18.5 Å².